The molecule has 140 valence electrons. The molecule has 1 saturated heterocycles. The number of nitrogens with zero attached hydrogens (tertiary/aromatic N) is 1. The number of aryl methyl sites for hydroxylation is 2. The van der Waals surface area contributed by atoms with Crippen molar-refractivity contribution < 1.29 is 14.3 Å². The quantitative estimate of drug-likeness (QED) is 0.673. The highest BCUT2D eigenvalue weighted by Crippen LogP contribution is 2.33. The van der Waals surface area contributed by atoms with Gasteiger partial charge >= 0.3 is 0 Å². The van der Waals surface area contributed by atoms with E-state index in [1.807, 2.05) is 50.3 Å². The normalized spacial score (nSPS) is 16.7. The maximum Gasteiger partial charge on any atom is 0.264 e. The van der Waals surface area contributed by atoms with Crippen LogP contribution in [0.4, 0.5) is 5.69 Å². The van der Waals surface area contributed by atoms with Crippen LogP contribution < -0.4 is 14.8 Å². The van der Waals surface area contributed by atoms with E-state index in [0.717, 1.165) is 26.9 Å². The number of amidine groups is 1. The van der Waals surface area contributed by atoms with E-state index in [4.69, 9.17) is 9.47 Å². The average molecular weight is 447 g/mol. The fourth-order valence-corrected chi connectivity index (χ4v) is 3.75. The number of thioether (sulfide) groups is 1. The molecule has 0 spiro atoms. The third kappa shape index (κ3) is 4.36. The van der Waals surface area contributed by atoms with Gasteiger partial charge in [0.1, 0.15) is 0 Å². The van der Waals surface area contributed by atoms with Crippen molar-refractivity contribution in [2.45, 2.75) is 13.8 Å². The maximum absolute atomic E-state index is 12.3. The van der Waals surface area contributed by atoms with Crippen LogP contribution in [-0.2, 0) is 4.79 Å². The Morgan fingerprint density at radius 3 is 2.37 bits per heavy atom. The molecule has 3 rings (SSSR count). The summed E-state index contributed by atoms with van der Waals surface area (Å²) in [7, 11) is 3.17. The first-order valence-electron chi connectivity index (χ1n) is 8.19. The lowest BCUT2D eigenvalue weighted by atomic mass is 10.1. The van der Waals surface area contributed by atoms with Crippen molar-refractivity contribution in [2.75, 3.05) is 14.2 Å². The molecule has 0 aromatic heterocycles. The fraction of sp³-hybridized carbons (Fsp3) is 0.200. The molecular weight excluding hydrogens is 428 g/mol. The Morgan fingerprint density at radius 2 is 1.74 bits per heavy atom. The van der Waals surface area contributed by atoms with Crippen LogP contribution in [-0.4, -0.2) is 25.3 Å². The number of aliphatic imine (C=N–C) groups is 1. The lowest BCUT2D eigenvalue weighted by Crippen LogP contribution is -2.19. The van der Waals surface area contributed by atoms with Crippen molar-refractivity contribution in [1.82, 2.24) is 5.32 Å². The van der Waals surface area contributed by atoms with Crippen LogP contribution in [0.25, 0.3) is 6.08 Å². The summed E-state index contributed by atoms with van der Waals surface area (Å²) in [5.41, 5.74) is 3.86. The van der Waals surface area contributed by atoms with Gasteiger partial charge in [0.2, 0.25) is 0 Å². The van der Waals surface area contributed by atoms with Gasteiger partial charge in [-0.3, -0.25) is 4.79 Å². The van der Waals surface area contributed by atoms with Crippen molar-refractivity contribution in [3.63, 3.8) is 0 Å². The van der Waals surface area contributed by atoms with Crippen LogP contribution >= 0.6 is 27.7 Å². The standard InChI is InChI=1S/C20H19BrN2O3S/c1-11-7-14(8-12(2)18(11)21)22-20-23-19(24)17(27-20)10-13-5-6-15(25-3)16(9-13)26-4/h5-10H,1-4H3,(H,22,23,24)/b17-10-. The van der Waals surface area contributed by atoms with Crippen LogP contribution in [0.2, 0.25) is 0 Å². The average Bonchev–Trinajstić information content (AvgIpc) is 2.98. The Morgan fingerprint density at radius 1 is 1.07 bits per heavy atom. The largest absolute Gasteiger partial charge is 0.493 e. The Kier molecular flexibility index (Phi) is 5.92. The van der Waals surface area contributed by atoms with Gasteiger partial charge in [0.25, 0.3) is 5.91 Å². The van der Waals surface area contributed by atoms with Crippen LogP contribution in [0.3, 0.4) is 0 Å². The summed E-state index contributed by atoms with van der Waals surface area (Å²) in [6.07, 6.45) is 1.81. The molecule has 5 nitrogen and oxygen atoms in total. The minimum atomic E-state index is -0.168. The van der Waals surface area contributed by atoms with Crippen LogP contribution in [0.5, 0.6) is 11.5 Å². The first kappa shape index (κ1) is 19.5. The number of hydrogen-bond acceptors (Lipinski definition) is 5. The summed E-state index contributed by atoms with van der Waals surface area (Å²) >= 11 is 4.87. The molecule has 2 aromatic carbocycles. The molecule has 0 atom stereocenters. The number of halogens is 1. The van der Waals surface area contributed by atoms with E-state index in [1.54, 1.807) is 14.2 Å². The van der Waals surface area contributed by atoms with Crippen molar-refractivity contribution in [2.24, 2.45) is 4.99 Å². The van der Waals surface area contributed by atoms with Gasteiger partial charge in [-0.1, -0.05) is 22.0 Å². The SMILES string of the molecule is COc1ccc(/C=C2\SC(=Nc3cc(C)c(Br)c(C)c3)NC2=O)cc1OC. The Hall–Kier alpha value is -2.25. The summed E-state index contributed by atoms with van der Waals surface area (Å²) in [5, 5.41) is 3.38. The second kappa shape index (κ2) is 8.19. The zero-order valence-electron chi connectivity index (χ0n) is 15.4. The highest BCUT2D eigenvalue weighted by molar-refractivity contribution is 9.10. The van der Waals surface area contributed by atoms with Crippen molar-refractivity contribution in [3.05, 3.63) is 56.4 Å². The van der Waals surface area contributed by atoms with Crippen molar-refractivity contribution in [1.29, 1.82) is 0 Å². The zero-order valence-corrected chi connectivity index (χ0v) is 17.8. The Labute approximate surface area is 171 Å². The Bertz CT molecular complexity index is 947. The number of benzene rings is 2. The smallest absolute Gasteiger partial charge is 0.264 e. The summed E-state index contributed by atoms with van der Waals surface area (Å²) in [6.45, 7) is 4.03. The third-order valence-corrected chi connectivity index (χ3v) is 6.17. The summed E-state index contributed by atoms with van der Waals surface area (Å²) < 4.78 is 11.6. The molecule has 27 heavy (non-hydrogen) atoms. The van der Waals surface area contributed by atoms with E-state index in [0.29, 0.717) is 21.6 Å². The highest BCUT2D eigenvalue weighted by Gasteiger charge is 2.24. The van der Waals surface area contributed by atoms with Gasteiger partial charge in [-0.2, -0.15) is 0 Å². The Balaban J connectivity index is 1.86. The lowest BCUT2D eigenvalue weighted by molar-refractivity contribution is -0.115. The number of amides is 1. The molecule has 0 aliphatic carbocycles. The molecule has 0 bridgehead atoms. The fourth-order valence-electron chi connectivity index (χ4n) is 2.68. The summed E-state index contributed by atoms with van der Waals surface area (Å²) in [4.78, 5) is 17.4. The molecule has 7 heteroatoms. The minimum absolute atomic E-state index is 0.168. The molecule has 0 saturated carbocycles. The van der Waals surface area contributed by atoms with Gasteiger partial charge in [-0.05, 0) is 72.6 Å². The third-order valence-electron chi connectivity index (χ3n) is 4.01. The van der Waals surface area contributed by atoms with Gasteiger partial charge in [0, 0.05) is 4.47 Å². The summed E-state index contributed by atoms with van der Waals surface area (Å²) in [5.74, 6) is 1.09. The second-order valence-electron chi connectivity index (χ2n) is 5.99. The molecule has 1 heterocycles. The molecule has 1 N–H and O–H groups in total. The number of ether oxygens (including phenoxy) is 2. The van der Waals surface area contributed by atoms with Crippen molar-refractivity contribution in [3.8, 4) is 11.5 Å². The topological polar surface area (TPSA) is 59.9 Å². The second-order valence-corrected chi connectivity index (χ2v) is 7.81. The highest BCUT2D eigenvalue weighted by atomic mass is 79.9. The predicted molar refractivity (Wildman–Crippen MR) is 114 cm³/mol. The maximum atomic E-state index is 12.3. The van der Waals surface area contributed by atoms with Gasteiger partial charge < -0.3 is 14.8 Å². The number of methoxy groups -OCH3 is 2. The molecule has 0 radical (unpaired) electrons. The summed E-state index contributed by atoms with van der Waals surface area (Å²) in [6, 6.07) is 9.47. The monoisotopic (exact) mass is 446 g/mol. The van der Waals surface area contributed by atoms with Crippen molar-refractivity contribution >= 4 is 50.5 Å². The van der Waals surface area contributed by atoms with E-state index in [9.17, 15) is 4.79 Å². The molecule has 0 unspecified atom stereocenters. The first-order valence-corrected chi connectivity index (χ1v) is 9.80. The molecule has 1 aliphatic rings. The number of nitrogens with one attached hydrogen (secondary N) is 1. The minimum Gasteiger partial charge on any atom is -0.493 e. The number of carbonyl (C=O) groups is 1. The van der Waals surface area contributed by atoms with Crippen LogP contribution in [0.15, 0.2) is 44.7 Å². The molecule has 1 fully saturated rings. The van der Waals surface area contributed by atoms with Gasteiger partial charge in [0.15, 0.2) is 16.7 Å². The van der Waals surface area contributed by atoms with Crippen LogP contribution in [0, 0.1) is 13.8 Å². The lowest BCUT2D eigenvalue weighted by Gasteiger charge is -2.07. The van der Waals surface area contributed by atoms with E-state index >= 15 is 0 Å². The van der Waals surface area contributed by atoms with E-state index < -0.39 is 0 Å². The molecule has 2 aromatic rings. The molecular formula is C20H19BrN2O3S. The number of hydrogen-bond donors (Lipinski definition) is 1. The van der Waals surface area contributed by atoms with Gasteiger partial charge in [0.05, 0.1) is 24.8 Å². The number of rotatable bonds is 4. The van der Waals surface area contributed by atoms with Gasteiger partial charge in [-0.15, -0.1) is 0 Å². The van der Waals surface area contributed by atoms with Crippen LogP contribution in [0.1, 0.15) is 16.7 Å². The zero-order chi connectivity index (χ0) is 19.6. The first-order chi connectivity index (χ1) is 12.9. The van der Waals surface area contributed by atoms with Gasteiger partial charge in [-0.25, -0.2) is 4.99 Å². The van der Waals surface area contributed by atoms with E-state index in [-0.39, 0.29) is 5.91 Å². The van der Waals surface area contributed by atoms with E-state index in [2.05, 4.69) is 26.2 Å². The number of carbonyl (C=O) groups excluding carboxylic acids is 1. The predicted octanol–water partition coefficient (Wildman–Crippen LogP) is 4.97. The molecule has 1 amide bonds. The van der Waals surface area contributed by atoms with E-state index in [1.165, 1.54) is 11.8 Å². The molecule has 1 aliphatic heterocycles.